The molecule has 3 heterocycles. The van der Waals surface area contributed by atoms with Crippen molar-refractivity contribution in [3.05, 3.63) is 64.8 Å². The summed E-state index contributed by atoms with van der Waals surface area (Å²) < 4.78 is 2.15. The molecule has 2 atom stereocenters. The maximum atomic E-state index is 13.4. The van der Waals surface area contributed by atoms with Crippen molar-refractivity contribution in [1.82, 2.24) is 9.47 Å². The van der Waals surface area contributed by atoms with Crippen LogP contribution >= 0.6 is 11.6 Å². The number of aliphatic hydroxyl groups is 1. The Bertz CT molecular complexity index is 1380. The van der Waals surface area contributed by atoms with Crippen LogP contribution in [0.4, 0.5) is 5.69 Å². The number of nitriles is 1. The number of aryl methyl sites for hydroxylation is 1. The van der Waals surface area contributed by atoms with Crippen LogP contribution in [-0.4, -0.2) is 44.6 Å². The number of likely N-dealkylation sites (tertiary alicyclic amines) is 1. The number of hydrogen-bond donors (Lipinski definition) is 2. The van der Waals surface area contributed by atoms with E-state index in [4.69, 9.17) is 16.9 Å². The number of fused-ring (bicyclic) bond motifs is 3. The van der Waals surface area contributed by atoms with Crippen molar-refractivity contribution in [2.75, 3.05) is 11.9 Å². The lowest BCUT2D eigenvalue weighted by Gasteiger charge is -2.55. The first-order chi connectivity index (χ1) is 16.7. The van der Waals surface area contributed by atoms with Crippen LogP contribution in [0.15, 0.2) is 48.5 Å². The third-order valence-electron chi connectivity index (χ3n) is 7.23. The van der Waals surface area contributed by atoms with Crippen LogP contribution in [0.2, 0.25) is 5.02 Å². The number of carbonyl (C=O) groups is 2. The van der Waals surface area contributed by atoms with Crippen molar-refractivity contribution in [2.45, 2.75) is 56.7 Å². The maximum Gasteiger partial charge on any atom is 0.254 e. The summed E-state index contributed by atoms with van der Waals surface area (Å²) in [5.74, 6) is -0.529. The Morgan fingerprint density at radius 2 is 2.06 bits per heavy atom. The Balaban J connectivity index is 1.60. The lowest BCUT2D eigenvalue weighted by atomic mass is 9.65. The quantitative estimate of drug-likeness (QED) is 0.510. The maximum absolute atomic E-state index is 13.4. The van der Waals surface area contributed by atoms with Crippen LogP contribution in [0.25, 0.3) is 10.9 Å². The van der Waals surface area contributed by atoms with Gasteiger partial charge in [0.15, 0.2) is 0 Å². The van der Waals surface area contributed by atoms with Gasteiger partial charge in [0.2, 0.25) is 5.91 Å². The van der Waals surface area contributed by atoms with Gasteiger partial charge in [-0.05, 0) is 56.2 Å². The van der Waals surface area contributed by atoms with Gasteiger partial charge in [0.25, 0.3) is 5.91 Å². The number of unbranched alkanes of at least 4 members (excludes halogenated alkanes) is 1. The van der Waals surface area contributed by atoms with Gasteiger partial charge in [-0.1, -0.05) is 29.8 Å². The van der Waals surface area contributed by atoms with E-state index in [1.165, 1.54) is 13.8 Å². The second-order valence-corrected chi connectivity index (χ2v) is 10.4. The summed E-state index contributed by atoms with van der Waals surface area (Å²) in [7, 11) is 0. The van der Waals surface area contributed by atoms with E-state index < -0.39 is 23.0 Å². The number of nitrogens with zero attached hydrogens (tertiary/aromatic N) is 3. The van der Waals surface area contributed by atoms with Crippen molar-refractivity contribution in [3.63, 3.8) is 0 Å². The zero-order valence-corrected chi connectivity index (χ0v) is 20.5. The monoisotopic (exact) mass is 490 g/mol. The van der Waals surface area contributed by atoms with Gasteiger partial charge in [-0.3, -0.25) is 9.59 Å². The molecule has 1 fully saturated rings. The lowest BCUT2D eigenvalue weighted by Crippen LogP contribution is -2.74. The molecule has 8 heteroatoms. The summed E-state index contributed by atoms with van der Waals surface area (Å²) in [4.78, 5) is 28.2. The van der Waals surface area contributed by atoms with E-state index >= 15 is 0 Å². The predicted molar refractivity (Wildman–Crippen MR) is 134 cm³/mol. The second-order valence-electron chi connectivity index (χ2n) is 9.94. The zero-order valence-electron chi connectivity index (χ0n) is 19.7. The molecule has 0 bridgehead atoms. The Labute approximate surface area is 208 Å². The van der Waals surface area contributed by atoms with Crippen molar-refractivity contribution in [1.29, 1.82) is 5.26 Å². The number of anilines is 1. The summed E-state index contributed by atoms with van der Waals surface area (Å²) in [6.07, 6.45) is 1.53. The minimum absolute atomic E-state index is 0.126. The predicted octanol–water partition coefficient (Wildman–Crippen LogP) is 4.01. The van der Waals surface area contributed by atoms with E-state index in [9.17, 15) is 14.7 Å². The number of hydrogen-bond acceptors (Lipinski definition) is 4. The fourth-order valence-corrected chi connectivity index (χ4v) is 5.74. The first kappa shape index (κ1) is 23.4. The van der Waals surface area contributed by atoms with Gasteiger partial charge in [0.1, 0.15) is 11.0 Å². The summed E-state index contributed by atoms with van der Waals surface area (Å²) >= 11 is 6.25. The van der Waals surface area contributed by atoms with Gasteiger partial charge in [0, 0.05) is 53.2 Å². The molecule has 2 aliphatic heterocycles. The van der Waals surface area contributed by atoms with Gasteiger partial charge in [-0.25, -0.2) is 0 Å². The van der Waals surface area contributed by atoms with E-state index in [0.29, 0.717) is 30.8 Å². The average Bonchev–Trinajstić information content (AvgIpc) is 3.29. The van der Waals surface area contributed by atoms with Crippen LogP contribution in [0, 0.1) is 11.3 Å². The highest BCUT2D eigenvalue weighted by atomic mass is 35.5. The number of amides is 2. The summed E-state index contributed by atoms with van der Waals surface area (Å²) in [6, 6.07) is 17.1. The van der Waals surface area contributed by atoms with Crippen LogP contribution in [0.5, 0.6) is 0 Å². The molecule has 1 aromatic heterocycles. The molecule has 2 amide bonds. The molecular formula is C27H27ClN4O3. The minimum atomic E-state index is -1.55. The van der Waals surface area contributed by atoms with E-state index in [0.717, 1.165) is 27.8 Å². The highest BCUT2D eigenvalue weighted by Gasteiger charge is 2.64. The van der Waals surface area contributed by atoms with Crippen LogP contribution < -0.4 is 5.32 Å². The molecule has 2 unspecified atom stereocenters. The molecular weight excluding hydrogens is 464 g/mol. The van der Waals surface area contributed by atoms with Gasteiger partial charge in [0.05, 0.1) is 12.1 Å². The molecule has 2 N–H and O–H groups in total. The van der Waals surface area contributed by atoms with Gasteiger partial charge in [-0.15, -0.1) is 0 Å². The minimum Gasteiger partial charge on any atom is -0.381 e. The molecule has 2 aromatic carbocycles. The number of rotatable bonds is 6. The van der Waals surface area contributed by atoms with E-state index in [1.54, 1.807) is 4.90 Å². The Morgan fingerprint density at radius 3 is 2.80 bits per heavy atom. The third-order valence-corrected chi connectivity index (χ3v) is 7.47. The fourth-order valence-electron chi connectivity index (χ4n) is 5.56. The van der Waals surface area contributed by atoms with Gasteiger partial charge in [-0.2, -0.15) is 5.26 Å². The van der Waals surface area contributed by atoms with Crippen molar-refractivity contribution in [2.24, 2.45) is 0 Å². The van der Waals surface area contributed by atoms with Gasteiger partial charge < -0.3 is 19.9 Å². The first-order valence-electron chi connectivity index (χ1n) is 11.8. The Hall–Kier alpha value is -3.34. The van der Waals surface area contributed by atoms with Crippen molar-refractivity contribution >= 4 is 40.0 Å². The number of benzene rings is 2. The molecule has 0 radical (unpaired) electrons. The Kier molecular flexibility index (Phi) is 5.62. The van der Waals surface area contributed by atoms with Gasteiger partial charge >= 0.3 is 0 Å². The second kappa shape index (κ2) is 8.40. The van der Waals surface area contributed by atoms with Crippen LogP contribution in [-0.2, 0) is 28.0 Å². The smallest absolute Gasteiger partial charge is 0.254 e. The van der Waals surface area contributed by atoms with Crippen LogP contribution in [0.3, 0.4) is 0 Å². The molecule has 7 nitrogen and oxygen atoms in total. The molecule has 35 heavy (non-hydrogen) atoms. The molecule has 0 saturated carbocycles. The molecule has 3 aromatic rings. The number of halogens is 1. The summed E-state index contributed by atoms with van der Waals surface area (Å²) in [5.41, 5.74) is 1.15. The SMILES string of the molecule is CC(C)(O)C(=O)N1CC2(C(=O)Nc3ccccc32)C1Cc1cc2cc(Cl)ccc2n1CCCC#N. The number of para-hydroxylation sites is 1. The molecule has 1 spiro atoms. The summed E-state index contributed by atoms with van der Waals surface area (Å²) in [6.45, 7) is 3.79. The first-order valence-corrected chi connectivity index (χ1v) is 12.1. The molecule has 2 aliphatic rings. The zero-order chi connectivity index (χ0) is 25.0. The largest absolute Gasteiger partial charge is 0.381 e. The van der Waals surface area contributed by atoms with Crippen molar-refractivity contribution < 1.29 is 14.7 Å². The third kappa shape index (κ3) is 3.69. The topological polar surface area (TPSA) is 98.4 Å². The van der Waals surface area contributed by atoms with E-state index in [-0.39, 0.29) is 12.5 Å². The normalized spacial score (nSPS) is 21.1. The van der Waals surface area contributed by atoms with Crippen molar-refractivity contribution in [3.8, 4) is 6.07 Å². The highest BCUT2D eigenvalue weighted by molar-refractivity contribution is 6.31. The highest BCUT2D eigenvalue weighted by Crippen LogP contribution is 2.50. The molecule has 0 aliphatic carbocycles. The average molecular weight is 491 g/mol. The molecule has 180 valence electrons. The molecule has 1 saturated heterocycles. The number of carbonyl (C=O) groups excluding carboxylic acids is 2. The summed E-state index contributed by atoms with van der Waals surface area (Å²) in [5, 5.41) is 24.1. The fraction of sp³-hybridized carbons (Fsp3) is 0.370. The van der Waals surface area contributed by atoms with E-state index in [1.807, 2.05) is 48.5 Å². The Morgan fingerprint density at radius 1 is 1.29 bits per heavy atom. The van der Waals surface area contributed by atoms with Crippen LogP contribution in [0.1, 0.15) is 37.9 Å². The number of aromatic nitrogens is 1. The number of nitrogens with one attached hydrogen (secondary N) is 1. The lowest BCUT2D eigenvalue weighted by molar-refractivity contribution is -0.165. The molecule has 5 rings (SSSR count). The van der Waals surface area contributed by atoms with E-state index in [2.05, 4.69) is 16.0 Å². The standard InChI is InChI=1S/C27H27ClN4O3/c1-26(2,35)25(34)32-16-27(20-7-3-4-8-21(20)30-24(27)33)23(32)15-19-14-17-13-18(28)9-10-22(17)31(19)12-6-5-11-29/h3-4,7-10,13-14,23,35H,5-6,12,15-16H2,1-2H3,(H,30,33).